The van der Waals surface area contributed by atoms with Crippen LogP contribution < -0.4 is 10.6 Å². The van der Waals surface area contributed by atoms with Crippen molar-refractivity contribution in [2.24, 2.45) is 0 Å². The van der Waals surface area contributed by atoms with Crippen molar-refractivity contribution in [3.05, 3.63) is 60.7 Å². The van der Waals surface area contributed by atoms with Gasteiger partial charge in [0.25, 0.3) is 0 Å². The maximum absolute atomic E-state index is 11.7. The molecular weight excluding hydrogens is 380 g/mol. The summed E-state index contributed by atoms with van der Waals surface area (Å²) < 4.78 is 0. The Morgan fingerprint density at radius 3 is 2.21 bits per heavy atom. The van der Waals surface area contributed by atoms with Gasteiger partial charge in [0.05, 0.1) is 11.4 Å². The third kappa shape index (κ3) is 6.39. The van der Waals surface area contributed by atoms with Crippen LogP contribution >= 0.6 is 11.8 Å². The van der Waals surface area contributed by atoms with E-state index in [2.05, 4.69) is 46.8 Å². The maximum Gasteiger partial charge on any atom is 0.314 e. The first-order valence-corrected chi connectivity index (χ1v) is 11.1. The Morgan fingerprint density at radius 2 is 1.55 bits per heavy atom. The number of carbonyl (C=O) groups excluding carboxylic acids is 1. The Balaban J connectivity index is 1.58. The number of rotatable bonds is 10. The first kappa shape index (κ1) is 21.0. The van der Waals surface area contributed by atoms with Gasteiger partial charge in [0.15, 0.2) is 5.16 Å². The number of aromatic amines is 1. The SMILES string of the molecule is CCCCNC(=O)NCCCSc1nc(-c2ccccc2)c(-c2ccccc2)[nH]1. The van der Waals surface area contributed by atoms with Crippen LogP contribution in [0.1, 0.15) is 26.2 Å². The Labute approximate surface area is 176 Å². The molecule has 3 N–H and O–H groups in total. The van der Waals surface area contributed by atoms with Crippen LogP contribution in [0, 0.1) is 0 Å². The Hall–Kier alpha value is -2.73. The normalized spacial score (nSPS) is 10.7. The molecule has 0 atom stereocenters. The number of nitrogens with one attached hydrogen (secondary N) is 3. The lowest BCUT2D eigenvalue weighted by Gasteiger charge is -2.06. The van der Waals surface area contributed by atoms with Gasteiger partial charge in [0.1, 0.15) is 0 Å². The average Bonchev–Trinajstić information content (AvgIpc) is 3.19. The van der Waals surface area contributed by atoms with E-state index < -0.39 is 0 Å². The summed E-state index contributed by atoms with van der Waals surface area (Å²) >= 11 is 1.68. The van der Waals surface area contributed by atoms with Gasteiger partial charge in [-0.2, -0.15) is 0 Å². The smallest absolute Gasteiger partial charge is 0.314 e. The molecule has 3 rings (SSSR count). The number of benzene rings is 2. The molecule has 1 aromatic heterocycles. The van der Waals surface area contributed by atoms with E-state index in [1.807, 2.05) is 36.4 Å². The van der Waals surface area contributed by atoms with Gasteiger partial charge < -0.3 is 15.6 Å². The lowest BCUT2D eigenvalue weighted by molar-refractivity contribution is 0.241. The molecule has 0 spiro atoms. The van der Waals surface area contributed by atoms with Crippen molar-refractivity contribution >= 4 is 17.8 Å². The molecule has 0 unspecified atom stereocenters. The molecule has 1 heterocycles. The van der Waals surface area contributed by atoms with Crippen molar-refractivity contribution in [2.45, 2.75) is 31.3 Å². The maximum atomic E-state index is 11.7. The van der Waals surface area contributed by atoms with E-state index in [1.54, 1.807) is 11.8 Å². The summed E-state index contributed by atoms with van der Waals surface area (Å²) in [6.45, 7) is 3.49. The number of urea groups is 1. The number of hydrogen-bond acceptors (Lipinski definition) is 3. The topological polar surface area (TPSA) is 69.8 Å². The van der Waals surface area contributed by atoms with Gasteiger partial charge in [-0.3, -0.25) is 0 Å². The molecule has 0 saturated carbocycles. The number of amides is 2. The van der Waals surface area contributed by atoms with Gasteiger partial charge in [0.2, 0.25) is 0 Å². The number of thioether (sulfide) groups is 1. The first-order chi connectivity index (χ1) is 14.3. The highest BCUT2D eigenvalue weighted by Gasteiger charge is 2.14. The molecular formula is C23H28N4OS. The second-order valence-electron chi connectivity index (χ2n) is 6.74. The van der Waals surface area contributed by atoms with E-state index in [0.717, 1.165) is 59.2 Å². The van der Waals surface area contributed by atoms with Crippen molar-refractivity contribution in [2.75, 3.05) is 18.8 Å². The highest BCUT2D eigenvalue weighted by molar-refractivity contribution is 7.99. The minimum atomic E-state index is -0.0841. The molecule has 3 aromatic rings. The molecule has 6 heteroatoms. The molecule has 0 saturated heterocycles. The number of aromatic nitrogens is 2. The van der Waals surface area contributed by atoms with Crippen molar-refractivity contribution in [3.63, 3.8) is 0 Å². The zero-order valence-electron chi connectivity index (χ0n) is 16.8. The molecule has 0 aliphatic rings. The number of H-pyrrole nitrogens is 1. The van der Waals surface area contributed by atoms with E-state index in [1.165, 1.54) is 0 Å². The van der Waals surface area contributed by atoms with Crippen LogP contribution in [-0.2, 0) is 0 Å². The monoisotopic (exact) mass is 408 g/mol. The minimum Gasteiger partial charge on any atom is -0.338 e. The van der Waals surface area contributed by atoms with Gasteiger partial charge in [-0.05, 0) is 12.8 Å². The van der Waals surface area contributed by atoms with Crippen LogP contribution in [0.2, 0.25) is 0 Å². The molecule has 152 valence electrons. The fourth-order valence-corrected chi connectivity index (χ4v) is 3.73. The molecule has 0 radical (unpaired) electrons. The van der Waals surface area contributed by atoms with Gasteiger partial charge in [-0.15, -0.1) is 0 Å². The quantitative estimate of drug-likeness (QED) is 0.314. The number of hydrogen-bond donors (Lipinski definition) is 3. The fourth-order valence-electron chi connectivity index (χ4n) is 2.92. The van der Waals surface area contributed by atoms with Crippen LogP contribution in [-0.4, -0.2) is 34.8 Å². The summed E-state index contributed by atoms with van der Waals surface area (Å²) in [5.41, 5.74) is 4.22. The van der Waals surface area contributed by atoms with Crippen molar-refractivity contribution in [1.29, 1.82) is 0 Å². The Bertz CT molecular complexity index is 823. The van der Waals surface area contributed by atoms with Crippen LogP contribution in [0.25, 0.3) is 22.5 Å². The summed E-state index contributed by atoms with van der Waals surface area (Å²) in [6.07, 6.45) is 2.97. The Kier molecular flexibility index (Phi) is 8.19. The molecule has 2 aromatic carbocycles. The molecule has 0 fully saturated rings. The van der Waals surface area contributed by atoms with E-state index in [9.17, 15) is 4.79 Å². The largest absolute Gasteiger partial charge is 0.338 e. The fraction of sp³-hybridized carbons (Fsp3) is 0.304. The molecule has 2 amide bonds. The van der Waals surface area contributed by atoms with Gasteiger partial charge in [-0.1, -0.05) is 85.8 Å². The third-order valence-electron chi connectivity index (χ3n) is 4.45. The lowest BCUT2D eigenvalue weighted by Crippen LogP contribution is -2.36. The second-order valence-corrected chi connectivity index (χ2v) is 7.82. The van der Waals surface area contributed by atoms with E-state index in [-0.39, 0.29) is 6.03 Å². The minimum absolute atomic E-state index is 0.0841. The van der Waals surface area contributed by atoms with E-state index in [0.29, 0.717) is 6.54 Å². The van der Waals surface area contributed by atoms with Crippen LogP contribution in [0.4, 0.5) is 4.79 Å². The summed E-state index contributed by atoms with van der Waals surface area (Å²) in [5.74, 6) is 0.880. The number of carbonyl (C=O) groups is 1. The highest BCUT2D eigenvalue weighted by atomic mass is 32.2. The number of imidazole rings is 1. The highest BCUT2D eigenvalue weighted by Crippen LogP contribution is 2.32. The summed E-state index contributed by atoms with van der Waals surface area (Å²) in [7, 11) is 0. The number of nitrogens with zero attached hydrogens (tertiary/aromatic N) is 1. The van der Waals surface area contributed by atoms with Crippen LogP contribution in [0.15, 0.2) is 65.8 Å². The third-order valence-corrected chi connectivity index (χ3v) is 5.41. The molecule has 29 heavy (non-hydrogen) atoms. The van der Waals surface area contributed by atoms with E-state index >= 15 is 0 Å². The zero-order chi connectivity index (χ0) is 20.3. The van der Waals surface area contributed by atoms with Gasteiger partial charge >= 0.3 is 6.03 Å². The zero-order valence-corrected chi connectivity index (χ0v) is 17.6. The van der Waals surface area contributed by atoms with Crippen LogP contribution in [0.5, 0.6) is 0 Å². The van der Waals surface area contributed by atoms with Crippen molar-refractivity contribution in [1.82, 2.24) is 20.6 Å². The second kappa shape index (κ2) is 11.3. The molecule has 5 nitrogen and oxygen atoms in total. The average molecular weight is 409 g/mol. The van der Waals surface area contributed by atoms with Gasteiger partial charge in [0, 0.05) is 30.0 Å². The van der Waals surface area contributed by atoms with Crippen molar-refractivity contribution < 1.29 is 4.79 Å². The number of unbranched alkanes of at least 4 members (excludes halogenated alkanes) is 1. The summed E-state index contributed by atoms with van der Waals surface area (Å²) in [4.78, 5) is 20.0. The molecule has 0 aliphatic heterocycles. The predicted molar refractivity (Wildman–Crippen MR) is 121 cm³/mol. The molecule has 0 bridgehead atoms. The van der Waals surface area contributed by atoms with Crippen molar-refractivity contribution in [3.8, 4) is 22.5 Å². The van der Waals surface area contributed by atoms with Crippen LogP contribution in [0.3, 0.4) is 0 Å². The summed E-state index contributed by atoms with van der Waals surface area (Å²) in [6, 6.07) is 20.4. The van der Waals surface area contributed by atoms with Gasteiger partial charge in [-0.25, -0.2) is 9.78 Å². The predicted octanol–water partition coefficient (Wildman–Crippen LogP) is 5.33. The van der Waals surface area contributed by atoms with E-state index in [4.69, 9.17) is 4.98 Å². The lowest BCUT2D eigenvalue weighted by atomic mass is 10.1. The Morgan fingerprint density at radius 1 is 0.931 bits per heavy atom. The standard InChI is InChI=1S/C23H28N4OS/c1-2-3-15-24-22(28)25-16-10-17-29-23-26-20(18-11-6-4-7-12-18)21(27-23)19-13-8-5-9-14-19/h4-9,11-14H,2-3,10,15-17H2,1H3,(H,26,27)(H2,24,25,28). The summed E-state index contributed by atoms with van der Waals surface area (Å²) in [5, 5.41) is 6.66. The first-order valence-electron chi connectivity index (χ1n) is 10.1. The molecule has 0 aliphatic carbocycles.